The van der Waals surface area contributed by atoms with E-state index in [2.05, 4.69) is 31.3 Å². The first-order valence-electron chi connectivity index (χ1n) is 5.56. The van der Waals surface area contributed by atoms with E-state index in [0.717, 1.165) is 26.0 Å². The molecule has 2 heteroatoms. The molecule has 0 saturated carbocycles. The summed E-state index contributed by atoms with van der Waals surface area (Å²) in [5.41, 5.74) is 0. The molecule has 0 fully saturated rings. The molecule has 0 saturated heterocycles. The summed E-state index contributed by atoms with van der Waals surface area (Å²) in [5.74, 6) is 0. The van der Waals surface area contributed by atoms with Gasteiger partial charge in [0.15, 0.2) is 0 Å². The molecule has 0 heterocycles. The van der Waals surface area contributed by atoms with Crippen molar-refractivity contribution in [3.05, 3.63) is 24.6 Å². The number of unbranched alkanes of at least 4 members (excludes halogenated alkanes) is 2. The zero-order valence-corrected chi connectivity index (χ0v) is 9.46. The maximum absolute atomic E-state index is 5.27. The third-order valence-corrected chi connectivity index (χ3v) is 1.70. The molecule has 0 rings (SSSR count). The van der Waals surface area contributed by atoms with Crippen LogP contribution in [0.1, 0.15) is 39.5 Å². The Morgan fingerprint density at radius 1 is 1.07 bits per heavy atom. The standard InChI is InChI=1S/C12H23NO/c1-3-5-7-9-13-10-12-14-11-8-6-4-2/h7-9,11,13H,3-6,10,12H2,1-2H3. The third-order valence-electron chi connectivity index (χ3n) is 1.70. The molecule has 0 bridgehead atoms. The van der Waals surface area contributed by atoms with Crippen LogP contribution in [0, 0.1) is 0 Å². The number of hydrogen-bond donors (Lipinski definition) is 1. The first-order chi connectivity index (χ1) is 6.91. The van der Waals surface area contributed by atoms with Crippen molar-refractivity contribution in [1.29, 1.82) is 0 Å². The zero-order chi connectivity index (χ0) is 10.5. The van der Waals surface area contributed by atoms with Crippen LogP contribution in [0.5, 0.6) is 0 Å². The fourth-order valence-corrected chi connectivity index (χ4v) is 0.905. The molecule has 14 heavy (non-hydrogen) atoms. The Labute approximate surface area is 88.0 Å². The van der Waals surface area contributed by atoms with Crippen molar-refractivity contribution in [2.24, 2.45) is 0 Å². The normalized spacial score (nSPS) is 11.3. The summed E-state index contributed by atoms with van der Waals surface area (Å²) in [5, 5.41) is 3.17. The minimum absolute atomic E-state index is 0.733. The second kappa shape index (κ2) is 12.1. The second-order valence-corrected chi connectivity index (χ2v) is 3.18. The highest BCUT2D eigenvalue weighted by atomic mass is 16.5. The molecule has 0 aromatic heterocycles. The molecule has 0 unspecified atom stereocenters. The van der Waals surface area contributed by atoms with Gasteiger partial charge < -0.3 is 10.1 Å². The predicted molar refractivity (Wildman–Crippen MR) is 62.1 cm³/mol. The van der Waals surface area contributed by atoms with Crippen molar-refractivity contribution < 1.29 is 4.74 Å². The molecule has 0 aliphatic rings. The highest BCUT2D eigenvalue weighted by Crippen LogP contribution is 1.88. The minimum Gasteiger partial charge on any atom is -0.500 e. The molecule has 2 nitrogen and oxygen atoms in total. The molecular formula is C12H23NO. The van der Waals surface area contributed by atoms with E-state index in [1.165, 1.54) is 12.8 Å². The molecule has 0 spiro atoms. The summed E-state index contributed by atoms with van der Waals surface area (Å²) < 4.78 is 5.27. The van der Waals surface area contributed by atoms with Crippen molar-refractivity contribution in [1.82, 2.24) is 5.32 Å². The molecule has 0 aliphatic carbocycles. The maximum atomic E-state index is 5.27. The van der Waals surface area contributed by atoms with Crippen LogP contribution < -0.4 is 5.32 Å². The van der Waals surface area contributed by atoms with Crippen molar-refractivity contribution in [2.45, 2.75) is 39.5 Å². The Hall–Kier alpha value is -0.920. The lowest BCUT2D eigenvalue weighted by Crippen LogP contribution is -2.11. The van der Waals surface area contributed by atoms with Gasteiger partial charge in [-0.15, -0.1) is 0 Å². The van der Waals surface area contributed by atoms with Crippen LogP contribution in [0.15, 0.2) is 24.6 Å². The van der Waals surface area contributed by atoms with Gasteiger partial charge in [-0.25, -0.2) is 0 Å². The van der Waals surface area contributed by atoms with Crippen LogP contribution in [-0.4, -0.2) is 13.2 Å². The van der Waals surface area contributed by atoms with Crippen LogP contribution in [0.3, 0.4) is 0 Å². The summed E-state index contributed by atoms with van der Waals surface area (Å²) in [6, 6.07) is 0. The Morgan fingerprint density at radius 2 is 1.79 bits per heavy atom. The van der Waals surface area contributed by atoms with Crippen LogP contribution >= 0.6 is 0 Å². The van der Waals surface area contributed by atoms with E-state index in [1.807, 2.05) is 6.20 Å². The molecule has 0 aromatic carbocycles. The highest BCUT2D eigenvalue weighted by Gasteiger charge is 1.80. The van der Waals surface area contributed by atoms with Gasteiger partial charge in [0.1, 0.15) is 6.61 Å². The van der Waals surface area contributed by atoms with Gasteiger partial charge in [0.05, 0.1) is 6.26 Å². The van der Waals surface area contributed by atoms with E-state index < -0.39 is 0 Å². The van der Waals surface area contributed by atoms with Crippen LogP contribution in [0.2, 0.25) is 0 Å². The molecular weight excluding hydrogens is 174 g/mol. The van der Waals surface area contributed by atoms with E-state index in [0.29, 0.717) is 0 Å². The van der Waals surface area contributed by atoms with E-state index in [-0.39, 0.29) is 0 Å². The summed E-state index contributed by atoms with van der Waals surface area (Å²) in [6.07, 6.45) is 12.6. The smallest absolute Gasteiger partial charge is 0.104 e. The quantitative estimate of drug-likeness (QED) is 0.452. The number of ether oxygens (including phenoxy) is 1. The van der Waals surface area contributed by atoms with Gasteiger partial charge in [-0.05, 0) is 25.1 Å². The van der Waals surface area contributed by atoms with Crippen molar-refractivity contribution >= 4 is 0 Å². The fourth-order valence-electron chi connectivity index (χ4n) is 0.905. The number of nitrogens with one attached hydrogen (secondary N) is 1. The van der Waals surface area contributed by atoms with E-state index in [1.54, 1.807) is 6.26 Å². The third kappa shape index (κ3) is 11.1. The van der Waals surface area contributed by atoms with Gasteiger partial charge in [-0.1, -0.05) is 32.8 Å². The largest absolute Gasteiger partial charge is 0.500 e. The molecule has 0 amide bonds. The Morgan fingerprint density at radius 3 is 2.50 bits per heavy atom. The van der Waals surface area contributed by atoms with E-state index in [4.69, 9.17) is 4.74 Å². The van der Waals surface area contributed by atoms with Gasteiger partial charge in [0.2, 0.25) is 0 Å². The van der Waals surface area contributed by atoms with Crippen molar-refractivity contribution in [3.8, 4) is 0 Å². The van der Waals surface area contributed by atoms with Gasteiger partial charge in [-0.2, -0.15) is 0 Å². The second-order valence-electron chi connectivity index (χ2n) is 3.18. The SMILES string of the molecule is CCCC=CNCCOC=CCCC. The Bertz CT molecular complexity index is 134. The van der Waals surface area contributed by atoms with Crippen LogP contribution in [-0.2, 0) is 4.74 Å². The number of hydrogen-bond acceptors (Lipinski definition) is 2. The Kier molecular flexibility index (Phi) is 11.3. The summed E-state index contributed by atoms with van der Waals surface area (Å²) >= 11 is 0. The van der Waals surface area contributed by atoms with Crippen molar-refractivity contribution in [3.63, 3.8) is 0 Å². The maximum Gasteiger partial charge on any atom is 0.104 e. The zero-order valence-electron chi connectivity index (χ0n) is 9.46. The van der Waals surface area contributed by atoms with E-state index in [9.17, 15) is 0 Å². The van der Waals surface area contributed by atoms with Gasteiger partial charge in [0.25, 0.3) is 0 Å². The molecule has 0 atom stereocenters. The molecule has 1 N–H and O–H groups in total. The molecule has 0 radical (unpaired) electrons. The van der Waals surface area contributed by atoms with E-state index >= 15 is 0 Å². The Balaban J connectivity index is 3.05. The summed E-state index contributed by atoms with van der Waals surface area (Å²) in [7, 11) is 0. The lowest BCUT2D eigenvalue weighted by atomic mass is 10.3. The van der Waals surface area contributed by atoms with Gasteiger partial charge >= 0.3 is 0 Å². The molecule has 82 valence electrons. The van der Waals surface area contributed by atoms with Crippen LogP contribution in [0.4, 0.5) is 0 Å². The predicted octanol–water partition coefficient (Wildman–Crippen LogP) is 3.22. The molecule has 0 aliphatic heterocycles. The average Bonchev–Trinajstić information content (AvgIpc) is 2.21. The summed E-state index contributed by atoms with van der Waals surface area (Å²) in [6.45, 7) is 5.93. The van der Waals surface area contributed by atoms with Gasteiger partial charge in [-0.3, -0.25) is 0 Å². The lowest BCUT2D eigenvalue weighted by molar-refractivity contribution is 0.252. The van der Waals surface area contributed by atoms with Crippen molar-refractivity contribution in [2.75, 3.05) is 13.2 Å². The average molecular weight is 197 g/mol. The summed E-state index contributed by atoms with van der Waals surface area (Å²) in [4.78, 5) is 0. The lowest BCUT2D eigenvalue weighted by Gasteiger charge is -2.00. The monoisotopic (exact) mass is 197 g/mol. The first-order valence-corrected chi connectivity index (χ1v) is 5.56. The highest BCUT2D eigenvalue weighted by molar-refractivity contribution is 4.78. The minimum atomic E-state index is 0.733. The van der Waals surface area contributed by atoms with Gasteiger partial charge in [0, 0.05) is 6.54 Å². The number of rotatable bonds is 9. The molecule has 0 aromatic rings. The first kappa shape index (κ1) is 13.1. The fraction of sp³-hybridized carbons (Fsp3) is 0.667. The van der Waals surface area contributed by atoms with Crippen LogP contribution in [0.25, 0.3) is 0 Å². The topological polar surface area (TPSA) is 21.3 Å². The number of allylic oxidation sites excluding steroid dienone is 2.